The van der Waals surface area contributed by atoms with Gasteiger partial charge in [-0.1, -0.05) is 5.11 Å². The van der Waals surface area contributed by atoms with Crippen LogP contribution in [0.1, 0.15) is 0 Å². The molecule has 35 valence electrons. The van der Waals surface area contributed by atoms with Crippen LogP contribution in [0.15, 0.2) is 15.4 Å². The molecule has 0 aliphatic carbocycles. The maximum atomic E-state index is 10.1. The minimum Gasteiger partial charge on any atom is -0.264 e. The summed E-state index contributed by atoms with van der Waals surface area (Å²) in [5.74, 6) is -0.444. The van der Waals surface area contributed by atoms with Gasteiger partial charge >= 0.3 is 5.91 Å². The molecule has 0 saturated carbocycles. The van der Waals surface area contributed by atoms with Gasteiger partial charge in [-0.3, -0.25) is 4.79 Å². The van der Waals surface area contributed by atoms with E-state index in [0.29, 0.717) is 0 Å². The molecule has 1 amide bonds. The van der Waals surface area contributed by atoms with E-state index in [1.807, 2.05) is 0 Å². The monoisotopic (exact) mass is 96.0 g/mol. The van der Waals surface area contributed by atoms with Crippen LogP contribution in [0.3, 0.4) is 0 Å². The lowest BCUT2D eigenvalue weighted by atomic mass is 10.4. The fourth-order valence-electron chi connectivity index (χ4n) is 0.217. The van der Waals surface area contributed by atoms with Gasteiger partial charge in [0.15, 0.2) is 0 Å². The minimum atomic E-state index is -0.444. The van der Waals surface area contributed by atoms with Crippen molar-refractivity contribution in [3.8, 4) is 0 Å². The standard InChI is InChI=1S/C3H2N3O/c1-2-3(7)5-6-4-2/h1H2. The zero-order valence-electron chi connectivity index (χ0n) is 3.46. The molecule has 1 rings (SSSR count). The normalized spacial score (nSPS) is 17.9. The summed E-state index contributed by atoms with van der Waals surface area (Å²) in [6.07, 6.45) is 0. The van der Waals surface area contributed by atoms with E-state index in [0.717, 1.165) is 0 Å². The fraction of sp³-hybridized carbons (Fsp3) is 0. The van der Waals surface area contributed by atoms with Crippen LogP contribution < -0.4 is 0 Å². The molecule has 0 fully saturated rings. The van der Waals surface area contributed by atoms with Crippen molar-refractivity contribution in [2.75, 3.05) is 0 Å². The molecule has 0 N–H and O–H groups in total. The van der Waals surface area contributed by atoms with E-state index in [2.05, 4.69) is 22.4 Å². The summed E-state index contributed by atoms with van der Waals surface area (Å²) in [4.78, 5) is 10.1. The summed E-state index contributed by atoms with van der Waals surface area (Å²) in [6.45, 7) is 3.23. The smallest absolute Gasteiger partial charge is 0.264 e. The molecule has 1 aliphatic heterocycles. The van der Waals surface area contributed by atoms with E-state index in [1.54, 1.807) is 0 Å². The van der Waals surface area contributed by atoms with Gasteiger partial charge in [0.25, 0.3) is 0 Å². The van der Waals surface area contributed by atoms with Gasteiger partial charge in [-0.2, -0.15) is 0 Å². The number of hydrogen-bond acceptors (Lipinski definition) is 3. The van der Waals surface area contributed by atoms with Gasteiger partial charge in [-0.25, -0.2) is 0 Å². The second kappa shape index (κ2) is 1.22. The maximum absolute atomic E-state index is 10.1. The summed E-state index contributed by atoms with van der Waals surface area (Å²) in [7, 11) is 0. The first kappa shape index (κ1) is 4.11. The zero-order valence-corrected chi connectivity index (χ0v) is 3.46. The largest absolute Gasteiger partial charge is 0.313 e. The van der Waals surface area contributed by atoms with Crippen LogP contribution in [-0.2, 0) is 4.79 Å². The number of amides is 1. The van der Waals surface area contributed by atoms with Gasteiger partial charge < -0.3 is 0 Å². The third-order valence-corrected chi connectivity index (χ3v) is 0.548. The molecule has 1 aliphatic rings. The Morgan fingerprint density at radius 3 is 2.43 bits per heavy atom. The average molecular weight is 96.1 g/mol. The van der Waals surface area contributed by atoms with Crippen molar-refractivity contribution in [2.24, 2.45) is 15.4 Å². The Bertz CT molecular complexity index is 158. The van der Waals surface area contributed by atoms with E-state index in [9.17, 15) is 4.79 Å². The Morgan fingerprint density at radius 1 is 1.57 bits per heavy atom. The lowest BCUT2D eigenvalue weighted by Crippen LogP contribution is -2.00. The fourth-order valence-corrected chi connectivity index (χ4v) is 0.217. The van der Waals surface area contributed by atoms with Crippen LogP contribution in [0.25, 0.3) is 0 Å². The van der Waals surface area contributed by atoms with Gasteiger partial charge in [0.2, 0.25) is 0 Å². The first-order chi connectivity index (χ1) is 3.30. The van der Waals surface area contributed by atoms with E-state index in [-0.39, 0.29) is 5.71 Å². The lowest BCUT2D eigenvalue weighted by Gasteiger charge is -1.71. The number of carbonyl (C=O) groups excluding carboxylic acids is 1. The molecule has 4 nitrogen and oxygen atoms in total. The first-order valence-corrected chi connectivity index (χ1v) is 1.65. The van der Waals surface area contributed by atoms with Crippen molar-refractivity contribution in [3.63, 3.8) is 0 Å². The molecule has 4 heteroatoms. The van der Waals surface area contributed by atoms with Crippen LogP contribution in [0.4, 0.5) is 0 Å². The zero-order chi connectivity index (χ0) is 5.28. The number of hydrogen-bond donors (Lipinski definition) is 0. The Labute approximate surface area is 39.9 Å². The highest BCUT2D eigenvalue weighted by molar-refractivity contribution is 6.41. The van der Waals surface area contributed by atoms with Gasteiger partial charge in [0.1, 0.15) is 5.71 Å². The molecular weight excluding hydrogens is 94.1 g/mol. The number of nitrogens with zero attached hydrogens (tertiary/aromatic N) is 3. The van der Waals surface area contributed by atoms with Crippen molar-refractivity contribution >= 4 is 11.6 Å². The minimum absolute atomic E-state index is 0.111. The van der Waals surface area contributed by atoms with Crippen LogP contribution in [0.2, 0.25) is 0 Å². The van der Waals surface area contributed by atoms with Crippen LogP contribution >= 0.6 is 0 Å². The van der Waals surface area contributed by atoms with Crippen molar-refractivity contribution in [1.82, 2.24) is 0 Å². The number of carbonyl (C=O) groups is 1. The summed E-state index contributed by atoms with van der Waals surface area (Å²) in [5.41, 5.74) is 0.111. The van der Waals surface area contributed by atoms with Crippen LogP contribution in [-0.4, -0.2) is 11.6 Å². The molecule has 1 radical (unpaired) electrons. The highest BCUT2D eigenvalue weighted by Gasteiger charge is 2.07. The predicted molar refractivity (Wildman–Crippen MR) is 22.7 cm³/mol. The Hall–Kier alpha value is -1.06. The van der Waals surface area contributed by atoms with Crippen molar-refractivity contribution in [1.29, 1.82) is 0 Å². The third-order valence-electron chi connectivity index (χ3n) is 0.548. The van der Waals surface area contributed by atoms with Crippen molar-refractivity contribution in [2.45, 2.75) is 0 Å². The topological polar surface area (TPSA) is 54.1 Å². The second-order valence-electron chi connectivity index (χ2n) is 1.04. The lowest BCUT2D eigenvalue weighted by molar-refractivity contribution is -0.111. The first-order valence-electron chi connectivity index (χ1n) is 1.65. The second-order valence-corrected chi connectivity index (χ2v) is 1.04. The molecule has 0 aromatic carbocycles. The molecule has 0 aromatic heterocycles. The molecule has 0 saturated heterocycles. The van der Waals surface area contributed by atoms with Gasteiger partial charge in [0, 0.05) is 6.92 Å². The van der Waals surface area contributed by atoms with E-state index in [4.69, 9.17) is 0 Å². The Balaban J connectivity index is 2.89. The highest BCUT2D eigenvalue weighted by atomic mass is 16.2. The third kappa shape index (κ3) is 0.534. The van der Waals surface area contributed by atoms with Gasteiger partial charge in [-0.05, 0) is 5.22 Å². The molecule has 0 bridgehead atoms. The molecule has 0 spiro atoms. The summed E-state index contributed by atoms with van der Waals surface area (Å²) in [6, 6.07) is 0. The predicted octanol–water partition coefficient (Wildman–Crippen LogP) is 0.169. The maximum Gasteiger partial charge on any atom is 0.313 e. The molecule has 7 heavy (non-hydrogen) atoms. The summed E-state index contributed by atoms with van der Waals surface area (Å²) in [5, 5.41) is 9.31. The average Bonchev–Trinajstić information content (AvgIpc) is 1.91. The number of rotatable bonds is 0. The van der Waals surface area contributed by atoms with Crippen molar-refractivity contribution < 1.29 is 4.79 Å². The Kier molecular flexibility index (Phi) is 0.714. The van der Waals surface area contributed by atoms with Gasteiger partial charge in [0.05, 0.1) is 0 Å². The molecule has 0 unspecified atom stereocenters. The molecule has 0 aromatic rings. The Morgan fingerprint density at radius 2 is 2.29 bits per heavy atom. The van der Waals surface area contributed by atoms with E-state index < -0.39 is 5.91 Å². The molecular formula is C3H2N3O. The van der Waals surface area contributed by atoms with E-state index in [1.165, 1.54) is 0 Å². The molecule has 1 heterocycles. The SMILES string of the molecule is [CH2]C1=NN=NC1=O. The summed E-state index contributed by atoms with van der Waals surface area (Å²) < 4.78 is 0. The van der Waals surface area contributed by atoms with Crippen molar-refractivity contribution in [3.05, 3.63) is 6.92 Å². The quantitative estimate of drug-likeness (QED) is 0.424. The highest BCUT2D eigenvalue weighted by Crippen LogP contribution is 1.93. The van der Waals surface area contributed by atoms with Crippen LogP contribution in [0.5, 0.6) is 0 Å². The van der Waals surface area contributed by atoms with Gasteiger partial charge in [-0.15, -0.1) is 5.10 Å². The van der Waals surface area contributed by atoms with Crippen LogP contribution in [0, 0.1) is 6.92 Å². The summed E-state index contributed by atoms with van der Waals surface area (Å²) >= 11 is 0. The van der Waals surface area contributed by atoms with E-state index >= 15 is 0 Å². The molecule has 0 atom stereocenters.